The second-order valence-electron chi connectivity index (χ2n) is 7.38. The number of fused-ring (bicyclic) bond motifs is 1. The molecule has 0 radical (unpaired) electrons. The van der Waals surface area contributed by atoms with Crippen molar-refractivity contribution < 1.29 is 4.79 Å². The van der Waals surface area contributed by atoms with Crippen molar-refractivity contribution >= 4 is 22.4 Å². The van der Waals surface area contributed by atoms with Crippen molar-refractivity contribution in [1.29, 1.82) is 0 Å². The van der Waals surface area contributed by atoms with Gasteiger partial charge in [-0.25, -0.2) is 0 Å². The molecule has 0 N–H and O–H groups in total. The lowest BCUT2D eigenvalue weighted by atomic mass is 10.0. The number of hydrogen-bond acceptors (Lipinski definition) is 2. The quantitative estimate of drug-likeness (QED) is 0.602. The Morgan fingerprint density at radius 3 is 2.41 bits per heavy atom. The molecule has 1 fully saturated rings. The number of rotatable bonds is 7. The summed E-state index contributed by atoms with van der Waals surface area (Å²) in [7, 11) is 1.86. The van der Waals surface area contributed by atoms with Crippen LogP contribution >= 0.6 is 0 Å². The van der Waals surface area contributed by atoms with Gasteiger partial charge < -0.3 is 4.90 Å². The minimum atomic E-state index is 0.171. The third-order valence-corrected chi connectivity index (χ3v) is 5.45. The number of carbonyl (C=O) groups excluding carboxylic acids is 1. The van der Waals surface area contributed by atoms with Crippen LogP contribution in [0.25, 0.3) is 10.8 Å². The SMILES string of the molecule is CN(C(=O)CCN(Cc1cccc2ccccc12)C1CC1)c1ccccc1. The summed E-state index contributed by atoms with van der Waals surface area (Å²) in [6.45, 7) is 1.72. The Labute approximate surface area is 161 Å². The number of nitrogens with zero attached hydrogens (tertiary/aromatic N) is 2. The minimum Gasteiger partial charge on any atom is -0.315 e. The molecule has 138 valence electrons. The van der Waals surface area contributed by atoms with Crippen molar-refractivity contribution in [2.45, 2.75) is 31.8 Å². The summed E-state index contributed by atoms with van der Waals surface area (Å²) in [6.07, 6.45) is 3.04. The molecule has 1 aliphatic rings. The van der Waals surface area contributed by atoms with Crippen molar-refractivity contribution in [2.75, 3.05) is 18.5 Å². The van der Waals surface area contributed by atoms with Gasteiger partial charge in [-0.3, -0.25) is 9.69 Å². The van der Waals surface area contributed by atoms with Gasteiger partial charge in [0.15, 0.2) is 0 Å². The molecule has 0 heterocycles. The Balaban J connectivity index is 1.44. The summed E-state index contributed by atoms with van der Waals surface area (Å²) in [6, 6.07) is 25.6. The molecule has 3 heteroatoms. The van der Waals surface area contributed by atoms with Crippen molar-refractivity contribution in [3.05, 3.63) is 78.4 Å². The van der Waals surface area contributed by atoms with Crippen LogP contribution in [0.2, 0.25) is 0 Å². The first-order chi connectivity index (χ1) is 13.2. The average Bonchev–Trinajstić information content (AvgIpc) is 3.56. The predicted octanol–water partition coefficient (Wildman–Crippen LogP) is 4.86. The second-order valence-corrected chi connectivity index (χ2v) is 7.38. The zero-order chi connectivity index (χ0) is 18.6. The topological polar surface area (TPSA) is 23.6 Å². The zero-order valence-corrected chi connectivity index (χ0v) is 15.8. The largest absolute Gasteiger partial charge is 0.315 e. The Kier molecular flexibility index (Phi) is 5.21. The Morgan fingerprint density at radius 2 is 1.63 bits per heavy atom. The van der Waals surface area contributed by atoms with Gasteiger partial charge in [0.2, 0.25) is 5.91 Å². The van der Waals surface area contributed by atoms with Crippen LogP contribution in [0.15, 0.2) is 72.8 Å². The molecule has 3 nitrogen and oxygen atoms in total. The third-order valence-electron chi connectivity index (χ3n) is 5.45. The third kappa shape index (κ3) is 4.20. The summed E-state index contributed by atoms with van der Waals surface area (Å²) in [4.78, 5) is 16.9. The van der Waals surface area contributed by atoms with E-state index in [1.165, 1.54) is 29.2 Å². The van der Waals surface area contributed by atoms with Gasteiger partial charge in [0.25, 0.3) is 0 Å². The van der Waals surface area contributed by atoms with Crippen LogP contribution in [-0.4, -0.2) is 30.4 Å². The van der Waals surface area contributed by atoms with Crippen LogP contribution in [0.1, 0.15) is 24.8 Å². The van der Waals surface area contributed by atoms with Crippen LogP contribution in [0.4, 0.5) is 5.69 Å². The van der Waals surface area contributed by atoms with Crippen LogP contribution in [0.5, 0.6) is 0 Å². The first kappa shape index (κ1) is 17.7. The molecule has 0 atom stereocenters. The summed E-state index contributed by atoms with van der Waals surface area (Å²) < 4.78 is 0. The van der Waals surface area contributed by atoms with E-state index in [0.29, 0.717) is 12.5 Å². The zero-order valence-electron chi connectivity index (χ0n) is 15.8. The second kappa shape index (κ2) is 7.93. The van der Waals surface area contributed by atoms with Gasteiger partial charge in [-0.15, -0.1) is 0 Å². The van der Waals surface area contributed by atoms with Gasteiger partial charge in [-0.2, -0.15) is 0 Å². The first-order valence-electron chi connectivity index (χ1n) is 9.74. The van der Waals surface area contributed by atoms with E-state index in [1.807, 2.05) is 37.4 Å². The first-order valence-corrected chi connectivity index (χ1v) is 9.74. The molecular weight excluding hydrogens is 332 g/mol. The fourth-order valence-electron chi connectivity index (χ4n) is 3.68. The van der Waals surface area contributed by atoms with Crippen LogP contribution in [-0.2, 0) is 11.3 Å². The Hall–Kier alpha value is -2.65. The van der Waals surface area contributed by atoms with E-state index >= 15 is 0 Å². The fraction of sp³-hybridized carbons (Fsp3) is 0.292. The maximum Gasteiger partial charge on any atom is 0.228 e. The van der Waals surface area contributed by atoms with Crippen LogP contribution < -0.4 is 4.90 Å². The number of anilines is 1. The van der Waals surface area contributed by atoms with Crippen molar-refractivity contribution in [3.8, 4) is 0 Å². The summed E-state index contributed by atoms with van der Waals surface area (Å²) in [5.41, 5.74) is 2.30. The van der Waals surface area contributed by atoms with Gasteiger partial charge in [0.1, 0.15) is 0 Å². The molecule has 4 rings (SSSR count). The van der Waals surface area contributed by atoms with Gasteiger partial charge >= 0.3 is 0 Å². The number of carbonyl (C=O) groups is 1. The minimum absolute atomic E-state index is 0.171. The highest BCUT2D eigenvalue weighted by atomic mass is 16.2. The standard InChI is InChI=1S/C24H26N2O/c1-25(21-11-3-2-4-12-21)24(27)16-17-26(22-14-15-22)18-20-10-7-9-19-8-5-6-13-23(19)20/h2-13,22H,14-18H2,1H3. The lowest BCUT2D eigenvalue weighted by Crippen LogP contribution is -2.33. The van der Waals surface area contributed by atoms with E-state index in [0.717, 1.165) is 18.8 Å². The van der Waals surface area contributed by atoms with Gasteiger partial charge in [0.05, 0.1) is 0 Å². The number of hydrogen-bond donors (Lipinski definition) is 0. The van der Waals surface area contributed by atoms with Crippen molar-refractivity contribution in [2.24, 2.45) is 0 Å². The van der Waals surface area contributed by atoms with E-state index in [-0.39, 0.29) is 5.91 Å². The van der Waals surface area contributed by atoms with E-state index in [4.69, 9.17) is 0 Å². The maximum absolute atomic E-state index is 12.7. The molecule has 0 spiro atoms. The number of para-hydroxylation sites is 1. The molecular formula is C24H26N2O. The number of amides is 1. The monoisotopic (exact) mass is 358 g/mol. The number of benzene rings is 3. The van der Waals surface area contributed by atoms with E-state index < -0.39 is 0 Å². The Bertz CT molecular complexity index is 913. The van der Waals surface area contributed by atoms with Crippen LogP contribution in [0, 0.1) is 0 Å². The molecule has 1 aliphatic carbocycles. The van der Waals surface area contributed by atoms with Crippen LogP contribution in [0.3, 0.4) is 0 Å². The molecule has 0 saturated heterocycles. The van der Waals surface area contributed by atoms with Crippen molar-refractivity contribution in [1.82, 2.24) is 4.90 Å². The summed E-state index contributed by atoms with van der Waals surface area (Å²) in [5, 5.41) is 2.60. The summed E-state index contributed by atoms with van der Waals surface area (Å²) >= 11 is 0. The lowest BCUT2D eigenvalue weighted by molar-refractivity contribution is -0.118. The van der Waals surface area contributed by atoms with Gasteiger partial charge in [0, 0.05) is 38.3 Å². The highest BCUT2D eigenvalue weighted by Gasteiger charge is 2.29. The van der Waals surface area contributed by atoms with E-state index in [9.17, 15) is 4.79 Å². The molecule has 3 aromatic rings. The predicted molar refractivity (Wildman–Crippen MR) is 112 cm³/mol. The van der Waals surface area contributed by atoms with Gasteiger partial charge in [-0.05, 0) is 41.3 Å². The highest BCUT2D eigenvalue weighted by Crippen LogP contribution is 2.30. The highest BCUT2D eigenvalue weighted by molar-refractivity contribution is 5.92. The maximum atomic E-state index is 12.7. The normalized spacial score (nSPS) is 13.9. The summed E-state index contributed by atoms with van der Waals surface area (Å²) in [5.74, 6) is 0.171. The fourth-order valence-corrected chi connectivity index (χ4v) is 3.68. The molecule has 3 aromatic carbocycles. The smallest absolute Gasteiger partial charge is 0.228 e. The van der Waals surface area contributed by atoms with Gasteiger partial charge in [-0.1, -0.05) is 60.7 Å². The molecule has 1 amide bonds. The molecule has 27 heavy (non-hydrogen) atoms. The molecule has 0 bridgehead atoms. The Morgan fingerprint density at radius 1 is 0.926 bits per heavy atom. The molecule has 0 aliphatic heterocycles. The van der Waals surface area contributed by atoms with E-state index in [1.54, 1.807) is 4.90 Å². The van der Waals surface area contributed by atoms with E-state index in [2.05, 4.69) is 47.4 Å². The molecule has 0 aromatic heterocycles. The van der Waals surface area contributed by atoms with Crippen molar-refractivity contribution in [3.63, 3.8) is 0 Å². The molecule has 1 saturated carbocycles. The molecule has 0 unspecified atom stereocenters. The average molecular weight is 358 g/mol. The lowest BCUT2D eigenvalue weighted by Gasteiger charge is -2.24.